The Morgan fingerprint density at radius 3 is 2.46 bits per heavy atom. The summed E-state index contributed by atoms with van der Waals surface area (Å²) in [4.78, 5) is -0.562. The number of aromatic hydroxyl groups is 1. The molecule has 0 spiro atoms. The first-order valence-corrected chi connectivity index (χ1v) is 9.39. The number of nitrogens with two attached hydrogens (primary N) is 1. The molecule has 0 aliphatic rings. The van der Waals surface area contributed by atoms with Crippen molar-refractivity contribution >= 4 is 56.4 Å². The SMILES string of the molecule is NS(=O)(=O)c1c(Cl)ccc(Nc2nsnc2Nc2[c-]cccc2)c1O.[V]. The van der Waals surface area contributed by atoms with Crippen LogP contribution in [0.3, 0.4) is 0 Å². The summed E-state index contributed by atoms with van der Waals surface area (Å²) in [6.07, 6.45) is 0. The number of nitrogens with zero attached hydrogens (tertiary/aromatic N) is 2. The minimum Gasteiger partial charge on any atom is -0.504 e. The van der Waals surface area contributed by atoms with Crippen LogP contribution >= 0.6 is 23.3 Å². The molecular formula is C14H11ClN5O3S2V-. The molecule has 3 rings (SSSR count). The van der Waals surface area contributed by atoms with E-state index in [1.807, 2.05) is 12.1 Å². The van der Waals surface area contributed by atoms with Crippen molar-refractivity contribution in [1.29, 1.82) is 0 Å². The molecule has 0 unspecified atom stereocenters. The van der Waals surface area contributed by atoms with Crippen LogP contribution in [0.2, 0.25) is 5.02 Å². The van der Waals surface area contributed by atoms with Gasteiger partial charge in [-0.05, 0) is 12.1 Å². The molecule has 0 fully saturated rings. The Bertz CT molecular complexity index is 1010. The second kappa shape index (κ2) is 8.25. The zero-order valence-electron chi connectivity index (χ0n) is 12.8. The molecule has 2 aromatic carbocycles. The molecule has 0 amide bonds. The number of para-hydroxylation sites is 1. The summed E-state index contributed by atoms with van der Waals surface area (Å²) in [6, 6.07) is 12.9. The normalized spacial score (nSPS) is 10.8. The third kappa shape index (κ3) is 4.47. The van der Waals surface area contributed by atoms with E-state index in [-0.39, 0.29) is 29.3 Å². The summed E-state index contributed by atoms with van der Waals surface area (Å²) in [7, 11) is -4.20. The Kier molecular flexibility index (Phi) is 6.51. The molecule has 135 valence electrons. The molecule has 8 nitrogen and oxygen atoms in total. The number of rotatable bonds is 5. The first kappa shape index (κ1) is 20.5. The van der Waals surface area contributed by atoms with Gasteiger partial charge in [-0.1, -0.05) is 17.3 Å². The van der Waals surface area contributed by atoms with Crippen molar-refractivity contribution in [3.8, 4) is 5.75 Å². The van der Waals surface area contributed by atoms with Crippen LogP contribution in [0, 0.1) is 6.07 Å². The van der Waals surface area contributed by atoms with E-state index in [1.165, 1.54) is 12.1 Å². The molecule has 0 aliphatic carbocycles. The van der Waals surface area contributed by atoms with Crippen LogP contribution in [0.4, 0.5) is 23.0 Å². The van der Waals surface area contributed by atoms with E-state index in [9.17, 15) is 13.5 Å². The van der Waals surface area contributed by atoms with Gasteiger partial charge in [-0.15, -0.1) is 6.07 Å². The number of halogens is 1. The molecule has 5 N–H and O–H groups in total. The van der Waals surface area contributed by atoms with Gasteiger partial charge in [0.25, 0.3) is 0 Å². The fraction of sp³-hybridized carbons (Fsp3) is 0. The van der Waals surface area contributed by atoms with Crippen LogP contribution < -0.4 is 15.8 Å². The van der Waals surface area contributed by atoms with Crippen LogP contribution in [0.5, 0.6) is 5.75 Å². The summed E-state index contributed by atoms with van der Waals surface area (Å²) < 4.78 is 31.4. The summed E-state index contributed by atoms with van der Waals surface area (Å²) in [6.45, 7) is 0. The van der Waals surface area contributed by atoms with Gasteiger partial charge >= 0.3 is 0 Å². The van der Waals surface area contributed by atoms with Crippen LogP contribution in [-0.2, 0) is 28.6 Å². The first-order chi connectivity index (χ1) is 11.9. The van der Waals surface area contributed by atoms with Crippen LogP contribution in [0.15, 0.2) is 41.3 Å². The van der Waals surface area contributed by atoms with E-state index in [2.05, 4.69) is 25.4 Å². The molecule has 0 aliphatic heterocycles. The molecule has 1 aromatic heterocycles. The molecular weight excluding hydrogens is 437 g/mol. The van der Waals surface area contributed by atoms with Crippen molar-refractivity contribution in [1.82, 2.24) is 8.75 Å². The predicted octanol–water partition coefficient (Wildman–Crippen LogP) is 2.83. The molecule has 3 aromatic rings. The van der Waals surface area contributed by atoms with E-state index in [0.717, 1.165) is 11.7 Å². The van der Waals surface area contributed by atoms with Crippen molar-refractivity contribution in [2.45, 2.75) is 4.90 Å². The van der Waals surface area contributed by atoms with E-state index in [0.29, 0.717) is 17.3 Å². The molecule has 0 bridgehead atoms. The Labute approximate surface area is 170 Å². The number of benzene rings is 2. The molecule has 1 radical (unpaired) electrons. The van der Waals surface area contributed by atoms with Crippen molar-refractivity contribution in [2.75, 3.05) is 10.6 Å². The molecule has 0 saturated heterocycles. The maximum Gasteiger partial charge on any atom is 0.243 e. The van der Waals surface area contributed by atoms with Crippen LogP contribution in [-0.4, -0.2) is 22.3 Å². The zero-order chi connectivity index (χ0) is 18.0. The fourth-order valence-electron chi connectivity index (χ4n) is 2.00. The third-order valence-corrected chi connectivity index (χ3v) is 5.01. The summed E-state index contributed by atoms with van der Waals surface area (Å²) >= 11 is 6.75. The number of aromatic nitrogens is 2. The predicted molar refractivity (Wildman–Crippen MR) is 96.2 cm³/mol. The standard InChI is InChI=1S/C14H11ClN5O3S2.V/c15-9-6-7-10(11(21)12(9)25(16,22)23)18-14-13(19-24-20-14)17-8-4-2-1-3-5-8;/h1-4,6-7,21H,(H,17,19)(H,18,20)(H2,16,22,23);/q-1;. The second-order valence-electron chi connectivity index (χ2n) is 4.81. The van der Waals surface area contributed by atoms with Gasteiger partial charge in [0, 0.05) is 18.6 Å². The van der Waals surface area contributed by atoms with E-state index >= 15 is 0 Å². The van der Waals surface area contributed by atoms with Crippen molar-refractivity contribution in [2.24, 2.45) is 5.14 Å². The quantitative estimate of drug-likeness (QED) is 0.349. The van der Waals surface area contributed by atoms with Gasteiger partial charge in [-0.2, -0.15) is 33.0 Å². The summed E-state index contributed by atoms with van der Waals surface area (Å²) in [5.74, 6) is 0.0828. The summed E-state index contributed by atoms with van der Waals surface area (Å²) in [5.41, 5.74) is 0.741. The van der Waals surface area contributed by atoms with Crippen LogP contribution in [0.1, 0.15) is 0 Å². The van der Waals surface area contributed by atoms with Crippen LogP contribution in [0.25, 0.3) is 0 Å². The monoisotopic (exact) mass is 447 g/mol. The fourth-order valence-corrected chi connectivity index (χ4v) is 3.66. The van der Waals surface area contributed by atoms with Gasteiger partial charge < -0.3 is 15.7 Å². The Hall–Kier alpha value is -1.82. The van der Waals surface area contributed by atoms with Gasteiger partial charge in [-0.25, -0.2) is 13.6 Å². The zero-order valence-corrected chi connectivity index (χ0v) is 16.6. The molecule has 0 atom stereocenters. The Morgan fingerprint density at radius 1 is 1.15 bits per heavy atom. The minimum absolute atomic E-state index is 0. The van der Waals surface area contributed by atoms with E-state index in [1.54, 1.807) is 12.1 Å². The number of anilines is 4. The van der Waals surface area contributed by atoms with Gasteiger partial charge in [-0.3, -0.25) is 0 Å². The van der Waals surface area contributed by atoms with Gasteiger partial charge in [0.15, 0.2) is 17.4 Å². The summed E-state index contributed by atoms with van der Waals surface area (Å²) in [5, 5.41) is 20.9. The molecule has 1 heterocycles. The Morgan fingerprint density at radius 2 is 1.85 bits per heavy atom. The number of phenols is 1. The minimum atomic E-state index is -4.20. The van der Waals surface area contributed by atoms with E-state index in [4.69, 9.17) is 16.7 Å². The van der Waals surface area contributed by atoms with E-state index < -0.39 is 20.7 Å². The average molecular weight is 448 g/mol. The second-order valence-corrected chi connectivity index (χ2v) is 7.24. The third-order valence-electron chi connectivity index (χ3n) is 3.07. The van der Waals surface area contributed by atoms with Crippen molar-refractivity contribution in [3.63, 3.8) is 0 Å². The molecule has 12 heteroatoms. The van der Waals surface area contributed by atoms with Gasteiger partial charge in [0.2, 0.25) is 10.0 Å². The molecule has 0 saturated carbocycles. The molecule has 26 heavy (non-hydrogen) atoms. The number of hydrogen-bond acceptors (Lipinski definition) is 8. The number of nitrogens with one attached hydrogen (secondary N) is 2. The number of hydrogen-bond donors (Lipinski definition) is 4. The smallest absolute Gasteiger partial charge is 0.243 e. The first-order valence-electron chi connectivity index (χ1n) is 6.74. The maximum atomic E-state index is 11.6. The van der Waals surface area contributed by atoms with Gasteiger partial charge in [0.05, 0.1) is 22.4 Å². The Balaban J connectivity index is 0.00000243. The van der Waals surface area contributed by atoms with Gasteiger partial charge in [0.1, 0.15) is 4.90 Å². The number of primary sulfonamides is 1. The van der Waals surface area contributed by atoms with Crippen molar-refractivity contribution < 1.29 is 32.1 Å². The maximum absolute atomic E-state index is 11.6. The number of sulfonamides is 1. The average Bonchev–Trinajstić information content (AvgIpc) is 2.97. The topological polar surface area (TPSA) is 130 Å². The van der Waals surface area contributed by atoms with Crippen molar-refractivity contribution in [3.05, 3.63) is 47.5 Å². The largest absolute Gasteiger partial charge is 0.504 e. The number of phenolic OH excluding ortho intramolecular Hbond substituents is 1.